The zero-order valence-electron chi connectivity index (χ0n) is 11.0. The lowest BCUT2D eigenvalue weighted by Gasteiger charge is -2.06. The lowest BCUT2D eigenvalue weighted by atomic mass is 10.2. The molecular weight excluding hydrogens is 252 g/mol. The summed E-state index contributed by atoms with van der Waals surface area (Å²) in [7, 11) is 0. The van der Waals surface area contributed by atoms with Crippen LogP contribution in [0.1, 0.15) is 11.4 Å². The zero-order valence-corrected chi connectivity index (χ0v) is 11.0. The minimum absolute atomic E-state index is 0.678. The van der Waals surface area contributed by atoms with Gasteiger partial charge in [0, 0.05) is 35.8 Å². The molecule has 0 radical (unpaired) electrons. The SMILES string of the molecule is Cc1nc(-c2cccc(NCc3cncnc3)c2)n[nH]1. The maximum Gasteiger partial charge on any atom is 0.181 e. The van der Waals surface area contributed by atoms with Crippen LogP contribution < -0.4 is 5.32 Å². The standard InChI is InChI=1S/C14H14N6/c1-10-18-14(20-19-10)12-3-2-4-13(5-12)17-8-11-6-15-9-16-7-11/h2-7,9,17H,8H2,1H3,(H,18,19,20). The van der Waals surface area contributed by atoms with Gasteiger partial charge in [0.25, 0.3) is 0 Å². The van der Waals surface area contributed by atoms with E-state index in [-0.39, 0.29) is 0 Å². The van der Waals surface area contributed by atoms with Gasteiger partial charge in [-0.15, -0.1) is 0 Å². The first-order valence-corrected chi connectivity index (χ1v) is 6.28. The summed E-state index contributed by atoms with van der Waals surface area (Å²) in [6, 6.07) is 7.99. The molecule has 6 nitrogen and oxygen atoms in total. The van der Waals surface area contributed by atoms with Crippen molar-refractivity contribution >= 4 is 5.69 Å². The van der Waals surface area contributed by atoms with Crippen LogP contribution >= 0.6 is 0 Å². The smallest absolute Gasteiger partial charge is 0.181 e. The summed E-state index contributed by atoms with van der Waals surface area (Å²) in [6.45, 7) is 2.56. The number of hydrogen-bond donors (Lipinski definition) is 2. The van der Waals surface area contributed by atoms with Gasteiger partial charge in [0.2, 0.25) is 0 Å². The van der Waals surface area contributed by atoms with Crippen molar-refractivity contribution in [3.8, 4) is 11.4 Å². The minimum atomic E-state index is 0.678. The summed E-state index contributed by atoms with van der Waals surface area (Å²) >= 11 is 0. The van der Waals surface area contributed by atoms with E-state index in [1.165, 1.54) is 6.33 Å². The first-order valence-electron chi connectivity index (χ1n) is 6.28. The Morgan fingerprint density at radius 1 is 1.20 bits per heavy atom. The fourth-order valence-electron chi connectivity index (χ4n) is 1.87. The molecule has 0 aliphatic heterocycles. The fraction of sp³-hybridized carbons (Fsp3) is 0.143. The molecule has 0 unspecified atom stereocenters. The van der Waals surface area contributed by atoms with Crippen LogP contribution in [0.15, 0.2) is 43.0 Å². The van der Waals surface area contributed by atoms with Crippen LogP contribution in [-0.4, -0.2) is 25.1 Å². The molecule has 6 heteroatoms. The summed E-state index contributed by atoms with van der Waals surface area (Å²) in [5.41, 5.74) is 3.02. The molecule has 0 saturated heterocycles. The highest BCUT2D eigenvalue weighted by atomic mass is 15.2. The van der Waals surface area contributed by atoms with Crippen molar-refractivity contribution in [3.63, 3.8) is 0 Å². The van der Waals surface area contributed by atoms with E-state index in [4.69, 9.17) is 0 Å². The van der Waals surface area contributed by atoms with Gasteiger partial charge in [-0.25, -0.2) is 15.0 Å². The van der Waals surface area contributed by atoms with Crippen LogP contribution in [0.3, 0.4) is 0 Å². The highest BCUT2D eigenvalue weighted by Crippen LogP contribution is 2.19. The van der Waals surface area contributed by atoms with E-state index in [1.54, 1.807) is 12.4 Å². The van der Waals surface area contributed by atoms with Gasteiger partial charge >= 0.3 is 0 Å². The van der Waals surface area contributed by atoms with Gasteiger partial charge in [0.15, 0.2) is 5.82 Å². The van der Waals surface area contributed by atoms with Crippen molar-refractivity contribution in [3.05, 3.63) is 54.4 Å². The van der Waals surface area contributed by atoms with Crippen LogP contribution in [-0.2, 0) is 6.54 Å². The van der Waals surface area contributed by atoms with E-state index >= 15 is 0 Å². The monoisotopic (exact) mass is 266 g/mol. The van der Waals surface area contributed by atoms with Crippen molar-refractivity contribution in [2.45, 2.75) is 13.5 Å². The minimum Gasteiger partial charge on any atom is -0.381 e. The summed E-state index contributed by atoms with van der Waals surface area (Å²) in [4.78, 5) is 12.3. The average molecular weight is 266 g/mol. The molecular formula is C14H14N6. The van der Waals surface area contributed by atoms with Crippen molar-refractivity contribution < 1.29 is 0 Å². The Morgan fingerprint density at radius 3 is 2.80 bits per heavy atom. The van der Waals surface area contributed by atoms with Crippen LogP contribution in [0, 0.1) is 6.92 Å². The lowest BCUT2D eigenvalue weighted by molar-refractivity contribution is 1.04. The molecule has 2 N–H and O–H groups in total. The Morgan fingerprint density at radius 2 is 2.05 bits per heavy atom. The Bertz CT molecular complexity index is 692. The third-order valence-electron chi connectivity index (χ3n) is 2.83. The van der Waals surface area contributed by atoms with Gasteiger partial charge in [-0.2, -0.15) is 5.10 Å². The maximum atomic E-state index is 4.33. The predicted molar refractivity (Wildman–Crippen MR) is 75.9 cm³/mol. The van der Waals surface area contributed by atoms with Crippen LogP contribution in [0.5, 0.6) is 0 Å². The van der Waals surface area contributed by atoms with Crippen molar-refractivity contribution in [1.82, 2.24) is 25.1 Å². The molecule has 0 aliphatic rings. The molecule has 1 aromatic carbocycles. The molecule has 3 rings (SSSR count). The van der Waals surface area contributed by atoms with Gasteiger partial charge in [0.05, 0.1) is 0 Å². The van der Waals surface area contributed by atoms with E-state index in [9.17, 15) is 0 Å². The van der Waals surface area contributed by atoms with Gasteiger partial charge in [0.1, 0.15) is 12.2 Å². The molecule has 0 spiro atoms. The Hall–Kier alpha value is -2.76. The van der Waals surface area contributed by atoms with E-state index in [1.807, 2.05) is 31.2 Å². The second-order valence-electron chi connectivity index (χ2n) is 4.43. The number of nitrogens with zero attached hydrogens (tertiary/aromatic N) is 4. The Labute approximate surface area is 116 Å². The number of aromatic amines is 1. The fourth-order valence-corrected chi connectivity index (χ4v) is 1.87. The molecule has 20 heavy (non-hydrogen) atoms. The largest absolute Gasteiger partial charge is 0.381 e. The number of H-pyrrole nitrogens is 1. The molecule has 0 bridgehead atoms. The van der Waals surface area contributed by atoms with Gasteiger partial charge in [-0.05, 0) is 19.1 Å². The Balaban J connectivity index is 1.75. The van der Waals surface area contributed by atoms with Crippen LogP contribution in [0.2, 0.25) is 0 Å². The zero-order chi connectivity index (χ0) is 13.8. The normalized spacial score (nSPS) is 10.4. The second kappa shape index (κ2) is 5.48. The summed E-state index contributed by atoms with van der Waals surface area (Å²) in [5, 5.41) is 10.3. The summed E-state index contributed by atoms with van der Waals surface area (Å²) in [5.74, 6) is 1.51. The third-order valence-corrected chi connectivity index (χ3v) is 2.83. The van der Waals surface area contributed by atoms with Crippen molar-refractivity contribution in [2.24, 2.45) is 0 Å². The number of hydrogen-bond acceptors (Lipinski definition) is 5. The number of nitrogens with one attached hydrogen (secondary N) is 2. The van der Waals surface area contributed by atoms with Crippen LogP contribution in [0.25, 0.3) is 11.4 Å². The lowest BCUT2D eigenvalue weighted by Crippen LogP contribution is -2.00. The molecule has 0 amide bonds. The number of benzene rings is 1. The van der Waals surface area contributed by atoms with Gasteiger partial charge < -0.3 is 5.32 Å². The molecule has 0 aliphatic carbocycles. The number of rotatable bonds is 4. The quantitative estimate of drug-likeness (QED) is 0.756. The molecule has 100 valence electrons. The van der Waals surface area contributed by atoms with Crippen LogP contribution in [0.4, 0.5) is 5.69 Å². The topological polar surface area (TPSA) is 79.4 Å². The molecule has 0 saturated carbocycles. The molecule has 0 atom stereocenters. The molecule has 2 aromatic heterocycles. The van der Waals surface area contributed by atoms with Gasteiger partial charge in [-0.1, -0.05) is 12.1 Å². The number of anilines is 1. The maximum absolute atomic E-state index is 4.33. The molecule has 2 heterocycles. The van der Waals surface area contributed by atoms with Gasteiger partial charge in [-0.3, -0.25) is 5.10 Å². The summed E-state index contributed by atoms with van der Waals surface area (Å²) in [6.07, 6.45) is 5.11. The van der Waals surface area contributed by atoms with Crippen molar-refractivity contribution in [1.29, 1.82) is 0 Å². The predicted octanol–water partition coefficient (Wildman–Crippen LogP) is 2.18. The number of aromatic nitrogens is 5. The molecule has 3 aromatic rings. The van der Waals surface area contributed by atoms with E-state index < -0.39 is 0 Å². The van der Waals surface area contributed by atoms with E-state index in [2.05, 4.69) is 30.5 Å². The summed E-state index contributed by atoms with van der Waals surface area (Å²) < 4.78 is 0. The molecule has 0 fully saturated rings. The number of aryl methyl sites for hydroxylation is 1. The van der Waals surface area contributed by atoms with E-state index in [0.717, 1.165) is 22.6 Å². The first-order chi connectivity index (χ1) is 9.81. The average Bonchev–Trinajstić information content (AvgIpc) is 2.93. The van der Waals surface area contributed by atoms with E-state index in [0.29, 0.717) is 12.4 Å². The highest BCUT2D eigenvalue weighted by molar-refractivity contribution is 5.62. The second-order valence-corrected chi connectivity index (χ2v) is 4.43. The van der Waals surface area contributed by atoms with Crippen molar-refractivity contribution in [2.75, 3.05) is 5.32 Å². The first kappa shape index (κ1) is 12.3. The Kier molecular flexibility index (Phi) is 3.36. The third kappa shape index (κ3) is 2.80. The highest BCUT2D eigenvalue weighted by Gasteiger charge is 2.04.